The summed E-state index contributed by atoms with van der Waals surface area (Å²) in [4.78, 5) is 31.7. The lowest BCUT2D eigenvalue weighted by Crippen LogP contribution is -2.43. The van der Waals surface area contributed by atoms with Gasteiger partial charge in [-0.1, -0.05) is 48.0 Å². The minimum absolute atomic E-state index is 0.0742. The average Bonchev–Trinajstić information content (AvgIpc) is 2.81. The van der Waals surface area contributed by atoms with Crippen molar-refractivity contribution < 1.29 is 9.59 Å². The fraction of sp³-hybridized carbons (Fsp3) is 0.269. The van der Waals surface area contributed by atoms with Crippen molar-refractivity contribution in [2.75, 3.05) is 18.4 Å². The molecule has 0 saturated heterocycles. The zero-order chi connectivity index (χ0) is 22.5. The number of carbonyl (C=O) groups is 2. The highest BCUT2D eigenvalue weighted by atomic mass is 16.2. The molecule has 1 unspecified atom stereocenters. The van der Waals surface area contributed by atoms with E-state index in [2.05, 4.69) is 44.8 Å². The smallest absolute Gasteiger partial charge is 0.313 e. The Labute approximate surface area is 188 Å². The zero-order valence-electron chi connectivity index (χ0n) is 18.5. The molecule has 1 aliphatic heterocycles. The quantitative estimate of drug-likeness (QED) is 0.610. The van der Waals surface area contributed by atoms with E-state index in [0.29, 0.717) is 12.2 Å². The standard InChI is InChI=1S/C26H28N4O2/c1-18-9-10-23(19(2)14-18)29-26(32)25(31)28-16-24(21-8-5-12-27-15-21)30-13-11-20-6-3-4-7-22(20)17-30/h3-10,12,14-15,24H,11,13,16-17H2,1-2H3,(H,28,31)(H,29,32). The Morgan fingerprint density at radius 1 is 1.03 bits per heavy atom. The molecule has 2 heterocycles. The van der Waals surface area contributed by atoms with Crippen LogP contribution in [0.4, 0.5) is 5.69 Å². The summed E-state index contributed by atoms with van der Waals surface area (Å²) in [5, 5.41) is 5.55. The van der Waals surface area contributed by atoms with Crippen molar-refractivity contribution in [2.45, 2.75) is 32.9 Å². The molecule has 1 aromatic heterocycles. The maximum Gasteiger partial charge on any atom is 0.313 e. The first kappa shape index (κ1) is 21.7. The van der Waals surface area contributed by atoms with Gasteiger partial charge in [0.1, 0.15) is 0 Å². The van der Waals surface area contributed by atoms with Gasteiger partial charge in [-0.25, -0.2) is 0 Å². The summed E-state index contributed by atoms with van der Waals surface area (Å²) in [5.41, 5.74) is 6.35. The Bertz CT molecular complexity index is 1110. The lowest BCUT2D eigenvalue weighted by molar-refractivity contribution is -0.136. The molecule has 1 atom stereocenters. The predicted molar refractivity (Wildman–Crippen MR) is 125 cm³/mol. The fourth-order valence-electron chi connectivity index (χ4n) is 4.22. The number of nitrogens with zero attached hydrogens (tertiary/aromatic N) is 2. The fourth-order valence-corrected chi connectivity index (χ4v) is 4.22. The van der Waals surface area contributed by atoms with Gasteiger partial charge in [0, 0.05) is 37.7 Å². The van der Waals surface area contributed by atoms with E-state index >= 15 is 0 Å². The van der Waals surface area contributed by atoms with E-state index in [9.17, 15) is 9.59 Å². The van der Waals surface area contributed by atoms with Crippen LogP contribution in [0.2, 0.25) is 0 Å². The molecule has 0 aliphatic carbocycles. The molecule has 0 bridgehead atoms. The molecule has 0 radical (unpaired) electrons. The summed E-state index contributed by atoms with van der Waals surface area (Å²) in [6, 6.07) is 18.0. The summed E-state index contributed by atoms with van der Waals surface area (Å²) in [6.45, 7) is 5.89. The van der Waals surface area contributed by atoms with Gasteiger partial charge in [-0.05, 0) is 54.7 Å². The molecule has 2 amide bonds. The van der Waals surface area contributed by atoms with Crippen LogP contribution in [0.25, 0.3) is 0 Å². The highest BCUT2D eigenvalue weighted by molar-refractivity contribution is 6.39. The van der Waals surface area contributed by atoms with Crippen molar-refractivity contribution >= 4 is 17.5 Å². The summed E-state index contributed by atoms with van der Waals surface area (Å²) in [6.07, 6.45) is 4.52. The summed E-state index contributed by atoms with van der Waals surface area (Å²) in [5.74, 6) is -1.30. The summed E-state index contributed by atoms with van der Waals surface area (Å²) in [7, 11) is 0. The molecule has 3 aromatic rings. The van der Waals surface area contributed by atoms with E-state index in [4.69, 9.17) is 0 Å². The van der Waals surface area contributed by atoms with Gasteiger partial charge >= 0.3 is 11.8 Å². The third-order valence-electron chi connectivity index (χ3n) is 5.96. The lowest BCUT2D eigenvalue weighted by atomic mass is 9.97. The number of nitrogens with one attached hydrogen (secondary N) is 2. The van der Waals surface area contributed by atoms with E-state index in [1.54, 1.807) is 6.20 Å². The number of anilines is 1. The molecular weight excluding hydrogens is 400 g/mol. The van der Waals surface area contributed by atoms with Crippen LogP contribution in [0.3, 0.4) is 0 Å². The maximum absolute atomic E-state index is 12.6. The van der Waals surface area contributed by atoms with Crippen molar-refractivity contribution in [2.24, 2.45) is 0 Å². The number of hydrogen-bond donors (Lipinski definition) is 2. The first-order valence-corrected chi connectivity index (χ1v) is 10.9. The second-order valence-corrected chi connectivity index (χ2v) is 8.27. The Hall–Kier alpha value is -3.51. The van der Waals surface area contributed by atoms with Crippen molar-refractivity contribution in [3.8, 4) is 0 Å². The van der Waals surface area contributed by atoms with Crippen LogP contribution in [-0.4, -0.2) is 34.8 Å². The van der Waals surface area contributed by atoms with Gasteiger partial charge in [-0.3, -0.25) is 19.5 Å². The Kier molecular flexibility index (Phi) is 6.61. The Balaban J connectivity index is 1.45. The Morgan fingerprint density at radius 2 is 1.84 bits per heavy atom. The van der Waals surface area contributed by atoms with Crippen LogP contribution < -0.4 is 10.6 Å². The van der Waals surface area contributed by atoms with Crippen LogP contribution in [0.5, 0.6) is 0 Å². The SMILES string of the molecule is Cc1ccc(NC(=O)C(=O)NCC(c2cccnc2)N2CCc3ccccc3C2)c(C)c1. The topological polar surface area (TPSA) is 74.3 Å². The van der Waals surface area contributed by atoms with Crippen LogP contribution in [0.15, 0.2) is 67.0 Å². The van der Waals surface area contributed by atoms with Crippen LogP contribution in [0.1, 0.15) is 33.9 Å². The van der Waals surface area contributed by atoms with E-state index in [-0.39, 0.29) is 6.04 Å². The second-order valence-electron chi connectivity index (χ2n) is 8.27. The molecule has 0 saturated carbocycles. The predicted octanol–water partition coefficient (Wildman–Crippen LogP) is 3.55. The van der Waals surface area contributed by atoms with Gasteiger partial charge in [0.25, 0.3) is 0 Å². The van der Waals surface area contributed by atoms with Crippen molar-refractivity contribution in [1.29, 1.82) is 0 Å². The number of rotatable bonds is 5. The first-order chi connectivity index (χ1) is 15.5. The van der Waals surface area contributed by atoms with Gasteiger partial charge in [-0.2, -0.15) is 0 Å². The van der Waals surface area contributed by atoms with Gasteiger partial charge in [0.2, 0.25) is 0 Å². The summed E-state index contributed by atoms with van der Waals surface area (Å²) >= 11 is 0. The van der Waals surface area contributed by atoms with Gasteiger partial charge in [-0.15, -0.1) is 0 Å². The monoisotopic (exact) mass is 428 g/mol. The molecule has 6 heteroatoms. The molecular formula is C26H28N4O2. The molecule has 32 heavy (non-hydrogen) atoms. The molecule has 6 nitrogen and oxygen atoms in total. The van der Waals surface area contributed by atoms with Gasteiger partial charge in [0.05, 0.1) is 6.04 Å². The first-order valence-electron chi connectivity index (χ1n) is 10.9. The minimum Gasteiger partial charge on any atom is -0.346 e. The number of carbonyl (C=O) groups excluding carboxylic acids is 2. The number of pyridine rings is 1. The maximum atomic E-state index is 12.6. The largest absolute Gasteiger partial charge is 0.346 e. The summed E-state index contributed by atoms with van der Waals surface area (Å²) < 4.78 is 0. The number of hydrogen-bond acceptors (Lipinski definition) is 4. The average molecular weight is 429 g/mol. The van der Waals surface area contributed by atoms with E-state index in [1.165, 1.54) is 11.1 Å². The van der Waals surface area contributed by atoms with Gasteiger partial charge < -0.3 is 10.6 Å². The highest BCUT2D eigenvalue weighted by Crippen LogP contribution is 2.27. The number of aryl methyl sites for hydroxylation is 2. The molecule has 4 rings (SSSR count). The molecule has 164 valence electrons. The molecule has 1 aliphatic rings. The van der Waals surface area contributed by atoms with Crippen LogP contribution >= 0.6 is 0 Å². The third kappa shape index (κ3) is 5.03. The molecule has 0 spiro atoms. The van der Waals surface area contributed by atoms with Gasteiger partial charge in [0.15, 0.2) is 0 Å². The molecule has 2 aromatic carbocycles. The Morgan fingerprint density at radius 3 is 2.59 bits per heavy atom. The van der Waals surface area contributed by atoms with E-state index in [0.717, 1.165) is 36.2 Å². The van der Waals surface area contributed by atoms with E-state index < -0.39 is 11.8 Å². The van der Waals surface area contributed by atoms with Crippen LogP contribution in [-0.2, 0) is 22.6 Å². The normalized spacial score (nSPS) is 14.3. The number of aromatic nitrogens is 1. The number of fused-ring (bicyclic) bond motifs is 1. The lowest BCUT2D eigenvalue weighted by Gasteiger charge is -2.35. The highest BCUT2D eigenvalue weighted by Gasteiger charge is 2.26. The van der Waals surface area contributed by atoms with Crippen molar-refractivity contribution in [3.05, 3.63) is 94.8 Å². The molecule has 2 N–H and O–H groups in total. The van der Waals surface area contributed by atoms with Crippen molar-refractivity contribution in [3.63, 3.8) is 0 Å². The zero-order valence-corrected chi connectivity index (χ0v) is 18.5. The van der Waals surface area contributed by atoms with E-state index in [1.807, 2.05) is 50.4 Å². The molecule has 0 fully saturated rings. The van der Waals surface area contributed by atoms with Crippen molar-refractivity contribution in [1.82, 2.24) is 15.2 Å². The number of benzene rings is 2. The third-order valence-corrected chi connectivity index (χ3v) is 5.96. The number of amides is 2. The minimum atomic E-state index is -0.661. The second kappa shape index (κ2) is 9.75. The van der Waals surface area contributed by atoms with Crippen LogP contribution in [0, 0.1) is 13.8 Å².